The summed E-state index contributed by atoms with van der Waals surface area (Å²) in [4.78, 5) is 40.8. The number of carbonyl (C=O) groups excluding carboxylic acids is 3. The van der Waals surface area contributed by atoms with Crippen molar-refractivity contribution in [1.29, 1.82) is 0 Å². The van der Waals surface area contributed by atoms with Gasteiger partial charge < -0.3 is 4.90 Å². The maximum Gasteiger partial charge on any atom is 0.254 e. The van der Waals surface area contributed by atoms with Gasteiger partial charge in [0.1, 0.15) is 0 Å². The first kappa shape index (κ1) is 19.2. The highest BCUT2D eigenvalue weighted by Crippen LogP contribution is 2.32. The molecule has 1 aliphatic heterocycles. The fourth-order valence-electron chi connectivity index (χ4n) is 5.11. The Morgan fingerprint density at radius 3 is 1.68 bits per heavy atom. The van der Waals surface area contributed by atoms with Crippen molar-refractivity contribution in [2.45, 2.75) is 89.1 Å². The van der Waals surface area contributed by atoms with Crippen molar-refractivity contribution in [1.82, 2.24) is 4.90 Å². The summed E-state index contributed by atoms with van der Waals surface area (Å²) in [6, 6.07) is 7.77. The van der Waals surface area contributed by atoms with E-state index < -0.39 is 0 Å². The van der Waals surface area contributed by atoms with Gasteiger partial charge in [-0.2, -0.15) is 0 Å². The third-order valence-electron chi connectivity index (χ3n) is 6.59. The average Bonchev–Trinajstić information content (AvgIpc) is 3.08. The monoisotopic (exact) mass is 382 g/mol. The highest BCUT2D eigenvalue weighted by atomic mass is 16.2. The van der Waals surface area contributed by atoms with E-state index in [9.17, 15) is 14.4 Å². The summed E-state index contributed by atoms with van der Waals surface area (Å²) in [5.41, 5.74) is 1.24. The highest BCUT2D eigenvalue weighted by molar-refractivity contribution is 6.19. The van der Waals surface area contributed by atoms with Gasteiger partial charge in [0, 0.05) is 30.5 Å². The standard InChI is InChI=1S/C23H30N2O3/c26-21-15-16-22(27)25(21)20-13-11-17(12-14-20)23(28)24(18-7-3-1-4-8-18)19-9-5-2-6-10-19/h11-14,18-19H,1-10,15-16H2. The summed E-state index contributed by atoms with van der Waals surface area (Å²) in [5.74, 6) is -0.199. The molecule has 1 aromatic carbocycles. The first-order valence-electron chi connectivity index (χ1n) is 10.9. The van der Waals surface area contributed by atoms with Crippen LogP contribution < -0.4 is 4.90 Å². The zero-order valence-electron chi connectivity index (χ0n) is 16.6. The van der Waals surface area contributed by atoms with E-state index in [1.807, 2.05) is 0 Å². The van der Waals surface area contributed by atoms with Crippen molar-refractivity contribution in [2.24, 2.45) is 0 Å². The summed E-state index contributed by atoms with van der Waals surface area (Å²) in [5, 5.41) is 0. The molecular formula is C23H30N2O3. The number of amides is 3. The first-order valence-corrected chi connectivity index (χ1v) is 10.9. The minimum atomic E-state index is -0.157. The Morgan fingerprint density at radius 2 is 1.21 bits per heavy atom. The Balaban J connectivity index is 1.55. The zero-order valence-corrected chi connectivity index (χ0v) is 16.6. The molecule has 1 heterocycles. The van der Waals surface area contributed by atoms with Crippen LogP contribution in [0, 0.1) is 0 Å². The van der Waals surface area contributed by atoms with Crippen molar-refractivity contribution in [3.8, 4) is 0 Å². The number of anilines is 1. The van der Waals surface area contributed by atoms with E-state index in [2.05, 4.69) is 4.90 Å². The van der Waals surface area contributed by atoms with Crippen LogP contribution >= 0.6 is 0 Å². The average molecular weight is 383 g/mol. The smallest absolute Gasteiger partial charge is 0.254 e. The Hall–Kier alpha value is -2.17. The van der Waals surface area contributed by atoms with Gasteiger partial charge in [0.2, 0.25) is 11.8 Å². The number of carbonyl (C=O) groups is 3. The van der Waals surface area contributed by atoms with Gasteiger partial charge in [-0.1, -0.05) is 38.5 Å². The van der Waals surface area contributed by atoms with E-state index in [4.69, 9.17) is 0 Å². The van der Waals surface area contributed by atoms with E-state index >= 15 is 0 Å². The molecule has 0 N–H and O–H groups in total. The van der Waals surface area contributed by atoms with Crippen LogP contribution in [0.3, 0.4) is 0 Å². The number of hydrogen-bond acceptors (Lipinski definition) is 3. The second kappa shape index (κ2) is 8.46. The maximum atomic E-state index is 13.5. The van der Waals surface area contributed by atoms with Gasteiger partial charge in [-0.05, 0) is 49.9 Å². The third kappa shape index (κ3) is 3.85. The minimum absolute atomic E-state index is 0.115. The van der Waals surface area contributed by atoms with Crippen molar-refractivity contribution >= 4 is 23.4 Å². The lowest BCUT2D eigenvalue weighted by atomic mass is 9.88. The summed E-state index contributed by atoms with van der Waals surface area (Å²) in [6.45, 7) is 0. The van der Waals surface area contributed by atoms with Gasteiger partial charge in [0.05, 0.1) is 5.69 Å². The normalized spacial score (nSPS) is 21.9. The summed E-state index contributed by atoms with van der Waals surface area (Å²) in [6.07, 6.45) is 12.4. The van der Waals surface area contributed by atoms with Crippen LogP contribution in [0.2, 0.25) is 0 Å². The van der Waals surface area contributed by atoms with Gasteiger partial charge in [-0.25, -0.2) is 0 Å². The number of benzene rings is 1. The molecule has 2 saturated carbocycles. The van der Waals surface area contributed by atoms with E-state index in [1.54, 1.807) is 24.3 Å². The Bertz CT molecular complexity index is 697. The Kier molecular flexibility index (Phi) is 5.79. The molecule has 3 amide bonds. The van der Waals surface area contributed by atoms with E-state index in [0.29, 0.717) is 23.3 Å². The van der Waals surface area contributed by atoms with Crippen LogP contribution in [-0.4, -0.2) is 34.7 Å². The molecule has 3 aliphatic rings. The topological polar surface area (TPSA) is 57.7 Å². The van der Waals surface area contributed by atoms with Crippen molar-refractivity contribution < 1.29 is 14.4 Å². The lowest BCUT2D eigenvalue weighted by molar-refractivity contribution is -0.121. The molecule has 28 heavy (non-hydrogen) atoms. The van der Waals surface area contributed by atoms with Gasteiger partial charge in [0.25, 0.3) is 5.91 Å². The maximum absolute atomic E-state index is 13.5. The fraction of sp³-hybridized carbons (Fsp3) is 0.609. The second-order valence-electron chi connectivity index (χ2n) is 8.47. The Labute approximate surface area is 167 Å². The van der Waals surface area contributed by atoms with Crippen LogP contribution in [-0.2, 0) is 9.59 Å². The molecule has 0 unspecified atom stereocenters. The number of rotatable bonds is 4. The van der Waals surface area contributed by atoms with Crippen molar-refractivity contribution in [2.75, 3.05) is 4.90 Å². The lowest BCUT2D eigenvalue weighted by Crippen LogP contribution is -2.48. The molecule has 2 aliphatic carbocycles. The van der Waals surface area contributed by atoms with Crippen LogP contribution in [0.1, 0.15) is 87.4 Å². The molecular weight excluding hydrogens is 352 g/mol. The van der Waals surface area contributed by atoms with E-state index in [1.165, 1.54) is 43.4 Å². The van der Waals surface area contributed by atoms with Gasteiger partial charge in [-0.15, -0.1) is 0 Å². The predicted octanol–water partition coefficient (Wildman–Crippen LogP) is 4.45. The minimum Gasteiger partial charge on any atom is -0.333 e. The molecule has 0 radical (unpaired) electrons. The predicted molar refractivity (Wildman–Crippen MR) is 108 cm³/mol. The first-order chi connectivity index (χ1) is 13.6. The molecule has 5 nitrogen and oxygen atoms in total. The Morgan fingerprint density at radius 1 is 0.750 bits per heavy atom. The molecule has 4 rings (SSSR count). The van der Waals surface area contributed by atoms with Crippen LogP contribution in [0.5, 0.6) is 0 Å². The SMILES string of the molecule is O=C1CCC(=O)N1c1ccc(C(=O)N(C2CCCCC2)C2CCCCC2)cc1. The number of hydrogen-bond donors (Lipinski definition) is 0. The van der Waals surface area contributed by atoms with Crippen LogP contribution in [0.15, 0.2) is 24.3 Å². The fourth-order valence-corrected chi connectivity index (χ4v) is 5.11. The summed E-state index contributed by atoms with van der Waals surface area (Å²) in [7, 11) is 0. The molecule has 5 heteroatoms. The zero-order chi connectivity index (χ0) is 19.5. The molecule has 1 saturated heterocycles. The molecule has 3 fully saturated rings. The quantitative estimate of drug-likeness (QED) is 0.723. The largest absolute Gasteiger partial charge is 0.333 e. The highest BCUT2D eigenvalue weighted by Gasteiger charge is 2.34. The van der Waals surface area contributed by atoms with Gasteiger partial charge in [0.15, 0.2) is 0 Å². The molecule has 0 aromatic heterocycles. The third-order valence-corrected chi connectivity index (χ3v) is 6.59. The molecule has 1 aromatic rings. The summed E-state index contributed by atoms with van der Waals surface area (Å²) >= 11 is 0. The van der Waals surface area contributed by atoms with Gasteiger partial charge >= 0.3 is 0 Å². The molecule has 0 bridgehead atoms. The van der Waals surface area contributed by atoms with E-state index in [0.717, 1.165) is 25.7 Å². The number of nitrogens with zero attached hydrogens (tertiary/aromatic N) is 2. The van der Waals surface area contributed by atoms with Crippen LogP contribution in [0.25, 0.3) is 0 Å². The van der Waals surface area contributed by atoms with Gasteiger partial charge in [-0.3, -0.25) is 19.3 Å². The van der Waals surface area contributed by atoms with E-state index in [-0.39, 0.29) is 30.6 Å². The summed E-state index contributed by atoms with van der Waals surface area (Å²) < 4.78 is 0. The lowest BCUT2D eigenvalue weighted by Gasteiger charge is -2.42. The molecule has 0 atom stereocenters. The molecule has 150 valence electrons. The number of imide groups is 1. The molecule has 0 spiro atoms. The second-order valence-corrected chi connectivity index (χ2v) is 8.47. The van der Waals surface area contributed by atoms with Crippen LogP contribution in [0.4, 0.5) is 5.69 Å². The van der Waals surface area contributed by atoms with Crippen molar-refractivity contribution in [3.05, 3.63) is 29.8 Å². The van der Waals surface area contributed by atoms with Crippen molar-refractivity contribution in [3.63, 3.8) is 0 Å².